The SMILES string of the molecule is Cc1cccc(CN(C(=O)CN(c2cc(C(F)(F)F)ccc2Cl)S(=O)(=O)c2ccccc2)[C@H](Cc2ccccc2)C(=O)NCC(C)C)c1. The minimum absolute atomic E-state index is 0.0807. The number of nitrogens with zero attached hydrogens (tertiary/aromatic N) is 2. The molecule has 4 aromatic rings. The number of alkyl halides is 3. The third-order valence-corrected chi connectivity index (χ3v) is 9.64. The van der Waals surface area contributed by atoms with Crippen molar-refractivity contribution in [3.63, 3.8) is 0 Å². The van der Waals surface area contributed by atoms with Gasteiger partial charge < -0.3 is 10.2 Å². The average molecular weight is 700 g/mol. The zero-order valence-electron chi connectivity index (χ0n) is 26.7. The molecule has 0 bridgehead atoms. The van der Waals surface area contributed by atoms with E-state index in [0.29, 0.717) is 22.5 Å². The van der Waals surface area contributed by atoms with Gasteiger partial charge in [0.15, 0.2) is 0 Å². The molecule has 48 heavy (non-hydrogen) atoms. The van der Waals surface area contributed by atoms with Crippen LogP contribution < -0.4 is 9.62 Å². The van der Waals surface area contributed by atoms with Gasteiger partial charge in [-0.3, -0.25) is 13.9 Å². The van der Waals surface area contributed by atoms with E-state index in [4.69, 9.17) is 11.6 Å². The van der Waals surface area contributed by atoms with Crippen molar-refractivity contribution in [2.24, 2.45) is 5.92 Å². The Labute approximate surface area is 284 Å². The second-order valence-electron chi connectivity index (χ2n) is 11.8. The summed E-state index contributed by atoms with van der Waals surface area (Å²) in [5.74, 6) is -1.17. The molecule has 4 rings (SSSR count). The Kier molecular flexibility index (Phi) is 11.9. The highest BCUT2D eigenvalue weighted by molar-refractivity contribution is 7.92. The summed E-state index contributed by atoms with van der Waals surface area (Å²) in [5.41, 5.74) is 0.650. The highest BCUT2D eigenvalue weighted by Gasteiger charge is 2.37. The number of halogens is 4. The standard InChI is InChI=1S/C36H37ClF3N3O4S/c1-25(2)22-41-35(45)33(20-27-12-6-4-7-13-27)42(23-28-14-10-11-26(3)19-28)34(44)24-43(48(46,47)30-15-8-5-9-16-30)32-21-29(36(38,39)40)17-18-31(32)37/h4-19,21,25,33H,20,22-24H2,1-3H3,(H,41,45)/t33-/m1/s1. The molecule has 12 heteroatoms. The minimum Gasteiger partial charge on any atom is -0.354 e. The number of aryl methyl sites for hydroxylation is 1. The number of nitrogens with one attached hydrogen (secondary N) is 1. The number of amides is 2. The first-order valence-corrected chi connectivity index (χ1v) is 17.1. The van der Waals surface area contributed by atoms with Crippen LogP contribution >= 0.6 is 11.6 Å². The van der Waals surface area contributed by atoms with E-state index in [-0.39, 0.29) is 28.8 Å². The van der Waals surface area contributed by atoms with Gasteiger partial charge in [-0.2, -0.15) is 13.2 Å². The summed E-state index contributed by atoms with van der Waals surface area (Å²) in [6.07, 6.45) is -4.73. The second kappa shape index (κ2) is 15.7. The quantitative estimate of drug-likeness (QED) is 0.159. The van der Waals surface area contributed by atoms with E-state index in [9.17, 15) is 31.2 Å². The topological polar surface area (TPSA) is 86.8 Å². The van der Waals surface area contributed by atoms with Crippen molar-refractivity contribution >= 4 is 39.1 Å². The summed E-state index contributed by atoms with van der Waals surface area (Å²) in [6.45, 7) is 5.03. The number of carbonyl (C=O) groups is 2. The van der Waals surface area contributed by atoms with E-state index in [1.807, 2.05) is 51.1 Å². The predicted molar refractivity (Wildman–Crippen MR) is 181 cm³/mol. The number of hydrogen-bond acceptors (Lipinski definition) is 4. The summed E-state index contributed by atoms with van der Waals surface area (Å²) in [7, 11) is -4.64. The summed E-state index contributed by atoms with van der Waals surface area (Å²) in [5, 5.41) is 2.59. The van der Waals surface area contributed by atoms with Gasteiger partial charge in [0.25, 0.3) is 10.0 Å². The Balaban J connectivity index is 1.86. The van der Waals surface area contributed by atoms with E-state index in [1.54, 1.807) is 30.3 Å². The molecule has 7 nitrogen and oxygen atoms in total. The molecule has 254 valence electrons. The number of sulfonamides is 1. The molecule has 0 saturated carbocycles. The van der Waals surface area contributed by atoms with Crippen molar-refractivity contribution in [1.82, 2.24) is 10.2 Å². The summed E-state index contributed by atoms with van der Waals surface area (Å²) >= 11 is 6.37. The van der Waals surface area contributed by atoms with Crippen molar-refractivity contribution in [1.29, 1.82) is 0 Å². The van der Waals surface area contributed by atoms with Gasteiger partial charge in [0, 0.05) is 19.5 Å². The van der Waals surface area contributed by atoms with Gasteiger partial charge in [-0.15, -0.1) is 0 Å². The number of hydrogen-bond donors (Lipinski definition) is 1. The Bertz CT molecular complexity index is 1820. The van der Waals surface area contributed by atoms with Crippen LogP contribution in [-0.2, 0) is 38.8 Å². The zero-order valence-corrected chi connectivity index (χ0v) is 28.3. The number of benzene rings is 4. The maximum absolute atomic E-state index is 14.5. The molecular weight excluding hydrogens is 663 g/mol. The lowest BCUT2D eigenvalue weighted by Gasteiger charge is -2.34. The van der Waals surface area contributed by atoms with E-state index >= 15 is 0 Å². The molecule has 0 aromatic heterocycles. The molecule has 0 heterocycles. The van der Waals surface area contributed by atoms with Gasteiger partial charge in [0.2, 0.25) is 11.8 Å². The van der Waals surface area contributed by atoms with Crippen LogP contribution in [0.4, 0.5) is 18.9 Å². The summed E-state index contributed by atoms with van der Waals surface area (Å²) < 4.78 is 70.4. The van der Waals surface area contributed by atoms with Gasteiger partial charge >= 0.3 is 6.18 Å². The first-order chi connectivity index (χ1) is 22.7. The molecule has 0 spiro atoms. The lowest BCUT2D eigenvalue weighted by atomic mass is 10.0. The van der Waals surface area contributed by atoms with Crippen LogP contribution in [0.2, 0.25) is 5.02 Å². The maximum atomic E-state index is 14.5. The third kappa shape index (κ3) is 9.38. The molecule has 2 amide bonds. The van der Waals surface area contributed by atoms with Crippen LogP contribution in [0.25, 0.3) is 0 Å². The third-order valence-electron chi connectivity index (χ3n) is 7.54. The zero-order chi connectivity index (χ0) is 35.1. The van der Waals surface area contributed by atoms with Crippen LogP contribution in [0.3, 0.4) is 0 Å². The Morgan fingerprint density at radius 1 is 0.854 bits per heavy atom. The van der Waals surface area contributed by atoms with Crippen molar-refractivity contribution in [2.45, 2.75) is 50.9 Å². The van der Waals surface area contributed by atoms with Crippen molar-refractivity contribution < 1.29 is 31.2 Å². The van der Waals surface area contributed by atoms with Crippen LogP contribution in [0.15, 0.2) is 108 Å². The average Bonchev–Trinajstić information content (AvgIpc) is 3.04. The fraction of sp³-hybridized carbons (Fsp3) is 0.278. The minimum atomic E-state index is -4.82. The van der Waals surface area contributed by atoms with Gasteiger partial charge in [-0.05, 0) is 54.3 Å². The molecular formula is C36H37ClF3N3O4S. The molecule has 0 aliphatic rings. The highest BCUT2D eigenvalue weighted by atomic mass is 35.5. The largest absolute Gasteiger partial charge is 0.416 e. The van der Waals surface area contributed by atoms with Crippen LogP contribution in [0.5, 0.6) is 0 Å². The molecule has 0 unspecified atom stereocenters. The predicted octanol–water partition coefficient (Wildman–Crippen LogP) is 7.27. The van der Waals surface area contributed by atoms with Gasteiger partial charge in [-0.1, -0.05) is 104 Å². The Morgan fingerprint density at radius 2 is 1.48 bits per heavy atom. The van der Waals surface area contributed by atoms with E-state index in [1.165, 1.54) is 29.2 Å². The number of anilines is 1. The molecule has 0 aliphatic carbocycles. The lowest BCUT2D eigenvalue weighted by molar-refractivity contribution is -0.140. The van der Waals surface area contributed by atoms with E-state index < -0.39 is 51.9 Å². The number of carbonyl (C=O) groups excluding carboxylic acids is 2. The van der Waals surface area contributed by atoms with Crippen molar-refractivity contribution in [3.05, 3.63) is 130 Å². The first kappa shape index (κ1) is 36.5. The van der Waals surface area contributed by atoms with Crippen molar-refractivity contribution in [3.8, 4) is 0 Å². The Hall–Kier alpha value is -4.35. The van der Waals surface area contributed by atoms with Crippen LogP contribution in [0.1, 0.15) is 36.1 Å². The normalized spacial score (nSPS) is 12.4. The molecule has 0 aliphatic heterocycles. The van der Waals surface area contributed by atoms with Crippen LogP contribution in [0, 0.1) is 12.8 Å². The van der Waals surface area contributed by atoms with Gasteiger partial charge in [0.05, 0.1) is 21.2 Å². The van der Waals surface area contributed by atoms with Gasteiger partial charge in [-0.25, -0.2) is 8.42 Å². The van der Waals surface area contributed by atoms with Gasteiger partial charge in [0.1, 0.15) is 12.6 Å². The van der Waals surface area contributed by atoms with E-state index in [0.717, 1.165) is 23.3 Å². The fourth-order valence-corrected chi connectivity index (χ4v) is 6.81. The molecule has 1 atom stereocenters. The molecule has 0 saturated heterocycles. The summed E-state index contributed by atoms with van der Waals surface area (Å²) in [4.78, 5) is 29.4. The molecule has 1 N–H and O–H groups in total. The highest BCUT2D eigenvalue weighted by Crippen LogP contribution is 2.37. The molecule has 4 aromatic carbocycles. The molecule has 0 radical (unpaired) electrons. The maximum Gasteiger partial charge on any atom is 0.416 e. The smallest absolute Gasteiger partial charge is 0.354 e. The first-order valence-electron chi connectivity index (χ1n) is 15.3. The lowest BCUT2D eigenvalue weighted by Crippen LogP contribution is -2.53. The fourth-order valence-electron chi connectivity index (χ4n) is 5.10. The van der Waals surface area contributed by atoms with E-state index in [2.05, 4.69) is 5.32 Å². The second-order valence-corrected chi connectivity index (χ2v) is 14.1. The van der Waals surface area contributed by atoms with Crippen molar-refractivity contribution in [2.75, 3.05) is 17.4 Å². The Morgan fingerprint density at radius 3 is 2.08 bits per heavy atom. The summed E-state index contributed by atoms with van der Waals surface area (Å²) in [6, 6.07) is 24.6. The monoisotopic (exact) mass is 699 g/mol. The number of rotatable bonds is 13. The van der Waals surface area contributed by atoms with Crippen LogP contribution in [-0.4, -0.2) is 44.3 Å². The molecule has 0 fully saturated rings.